The molecular weight excluding hydrogens is 566 g/mol. The van der Waals surface area contributed by atoms with Crippen molar-refractivity contribution in [1.82, 2.24) is 10.2 Å². The highest BCUT2D eigenvalue weighted by Gasteiger charge is 2.30. The summed E-state index contributed by atoms with van der Waals surface area (Å²) in [4.78, 5) is 29.2. The van der Waals surface area contributed by atoms with E-state index in [2.05, 4.69) is 12.2 Å². The molecule has 0 fully saturated rings. The van der Waals surface area contributed by atoms with Crippen LogP contribution in [0.1, 0.15) is 49.3 Å². The van der Waals surface area contributed by atoms with Crippen LogP contribution in [0.4, 0.5) is 5.69 Å². The summed E-state index contributed by atoms with van der Waals surface area (Å²) in [6.45, 7) is 5.03. The average molecular weight is 608 g/mol. The third kappa shape index (κ3) is 8.97. The number of aryl methyl sites for hydroxylation is 1. The number of ether oxygens (including phenoxy) is 2. The minimum atomic E-state index is -3.64. The van der Waals surface area contributed by atoms with E-state index in [9.17, 15) is 18.0 Å². The number of hydrogen-bond acceptors (Lipinski definition) is 6. The largest absolute Gasteiger partial charge is 0.454 e. The lowest BCUT2D eigenvalue weighted by Gasteiger charge is -2.32. The van der Waals surface area contributed by atoms with Gasteiger partial charge in [0.2, 0.25) is 28.6 Å². The maximum Gasteiger partial charge on any atom is 0.243 e. The lowest BCUT2D eigenvalue weighted by atomic mass is 10.0. The van der Waals surface area contributed by atoms with E-state index >= 15 is 0 Å². The van der Waals surface area contributed by atoms with Gasteiger partial charge in [0.05, 0.1) is 11.9 Å². The van der Waals surface area contributed by atoms with Crippen LogP contribution in [0, 0.1) is 6.92 Å². The zero-order valence-electron chi connectivity index (χ0n) is 25.1. The number of sulfonamides is 1. The van der Waals surface area contributed by atoms with Crippen LogP contribution < -0.4 is 19.1 Å². The standard InChI is InChI=1S/C33H41N3O6S/c1-4-5-19-34-33(38)29(21-26-10-7-6-8-11-26)35(23-27-15-13-25(2)14-16-27)32(37)12-9-20-36(43(3,39)40)28-17-18-30-31(22-28)42-24-41-30/h6-8,10-11,13-18,22,29H,4-5,9,12,19-21,23-24H2,1-3H3,(H,34,38)/t29-/m1/s1. The minimum Gasteiger partial charge on any atom is -0.454 e. The Kier molecular flexibility index (Phi) is 11.1. The van der Waals surface area contributed by atoms with E-state index in [1.807, 2.05) is 61.5 Å². The van der Waals surface area contributed by atoms with Gasteiger partial charge in [-0.2, -0.15) is 0 Å². The van der Waals surface area contributed by atoms with E-state index in [-0.39, 0.29) is 44.5 Å². The van der Waals surface area contributed by atoms with Crippen molar-refractivity contribution in [3.63, 3.8) is 0 Å². The van der Waals surface area contributed by atoms with E-state index < -0.39 is 16.1 Å². The smallest absolute Gasteiger partial charge is 0.243 e. The fourth-order valence-electron chi connectivity index (χ4n) is 4.99. The Bertz CT molecular complexity index is 1480. The van der Waals surface area contributed by atoms with Gasteiger partial charge in [-0.15, -0.1) is 0 Å². The van der Waals surface area contributed by atoms with Gasteiger partial charge >= 0.3 is 0 Å². The lowest BCUT2D eigenvalue weighted by Crippen LogP contribution is -2.50. The number of benzene rings is 3. The molecule has 2 amide bonds. The van der Waals surface area contributed by atoms with E-state index in [1.165, 1.54) is 4.31 Å². The highest BCUT2D eigenvalue weighted by molar-refractivity contribution is 7.92. The molecule has 0 aliphatic carbocycles. The predicted octanol–water partition coefficient (Wildman–Crippen LogP) is 4.83. The van der Waals surface area contributed by atoms with Gasteiger partial charge < -0.3 is 19.7 Å². The third-order valence-electron chi connectivity index (χ3n) is 7.37. The second-order valence-electron chi connectivity index (χ2n) is 10.8. The third-order valence-corrected chi connectivity index (χ3v) is 8.56. The Morgan fingerprint density at radius 1 is 0.930 bits per heavy atom. The van der Waals surface area contributed by atoms with Crippen LogP contribution >= 0.6 is 0 Å². The molecule has 1 N–H and O–H groups in total. The van der Waals surface area contributed by atoms with Crippen LogP contribution in [0.3, 0.4) is 0 Å². The van der Waals surface area contributed by atoms with Crippen molar-refractivity contribution < 1.29 is 27.5 Å². The molecule has 3 aromatic carbocycles. The fraction of sp³-hybridized carbons (Fsp3) is 0.394. The van der Waals surface area contributed by atoms with Crippen LogP contribution in [-0.4, -0.2) is 57.3 Å². The van der Waals surface area contributed by atoms with Crippen molar-refractivity contribution in [2.45, 2.75) is 58.5 Å². The topological polar surface area (TPSA) is 105 Å². The molecule has 230 valence electrons. The Balaban J connectivity index is 1.56. The number of anilines is 1. The van der Waals surface area contributed by atoms with Gasteiger partial charge in [-0.25, -0.2) is 8.42 Å². The summed E-state index contributed by atoms with van der Waals surface area (Å²) < 4.78 is 37.5. The van der Waals surface area contributed by atoms with Crippen LogP contribution in [0.25, 0.3) is 0 Å². The van der Waals surface area contributed by atoms with Crippen molar-refractivity contribution in [3.05, 3.63) is 89.5 Å². The first-order valence-corrected chi connectivity index (χ1v) is 16.5. The molecule has 0 unspecified atom stereocenters. The first kappa shape index (κ1) is 31.9. The lowest BCUT2D eigenvalue weighted by molar-refractivity contribution is -0.141. The van der Waals surface area contributed by atoms with Crippen molar-refractivity contribution >= 4 is 27.5 Å². The van der Waals surface area contributed by atoms with Crippen molar-refractivity contribution in [2.75, 3.05) is 30.4 Å². The SMILES string of the molecule is CCCCNC(=O)[C@@H](Cc1ccccc1)N(Cc1ccc(C)cc1)C(=O)CCCN(c1ccc2c(c1)OCO2)S(C)(=O)=O. The van der Waals surface area contributed by atoms with Gasteiger partial charge in [0.1, 0.15) is 6.04 Å². The van der Waals surface area contributed by atoms with Gasteiger partial charge in [-0.3, -0.25) is 13.9 Å². The Morgan fingerprint density at radius 2 is 1.65 bits per heavy atom. The number of nitrogens with one attached hydrogen (secondary N) is 1. The molecule has 43 heavy (non-hydrogen) atoms. The maximum absolute atomic E-state index is 13.9. The highest BCUT2D eigenvalue weighted by atomic mass is 32.2. The number of carbonyl (C=O) groups is 2. The fourth-order valence-corrected chi connectivity index (χ4v) is 5.95. The highest BCUT2D eigenvalue weighted by Crippen LogP contribution is 2.36. The first-order valence-electron chi connectivity index (χ1n) is 14.7. The molecule has 1 aliphatic rings. The number of fused-ring (bicyclic) bond motifs is 1. The molecule has 0 spiro atoms. The predicted molar refractivity (Wildman–Crippen MR) is 168 cm³/mol. The number of carbonyl (C=O) groups excluding carboxylic acids is 2. The normalized spacial score (nSPS) is 12.9. The molecule has 10 heteroatoms. The van der Waals surface area contributed by atoms with E-state index in [1.54, 1.807) is 23.1 Å². The molecule has 4 rings (SSSR count). The summed E-state index contributed by atoms with van der Waals surface area (Å²) in [6.07, 6.45) is 3.62. The molecule has 0 aromatic heterocycles. The summed E-state index contributed by atoms with van der Waals surface area (Å²) in [5, 5.41) is 3.03. The summed E-state index contributed by atoms with van der Waals surface area (Å²) in [5.74, 6) is 0.618. The minimum absolute atomic E-state index is 0.0654. The second-order valence-corrected chi connectivity index (χ2v) is 12.7. The molecular formula is C33H41N3O6S. The number of amides is 2. The zero-order chi connectivity index (χ0) is 30.8. The summed E-state index contributed by atoms with van der Waals surface area (Å²) in [6, 6.07) is 21.8. The van der Waals surface area contributed by atoms with Crippen molar-refractivity contribution in [3.8, 4) is 11.5 Å². The molecule has 0 saturated carbocycles. The Hall–Kier alpha value is -4.05. The number of nitrogens with zero attached hydrogens (tertiary/aromatic N) is 2. The van der Waals surface area contributed by atoms with Crippen molar-refractivity contribution in [2.24, 2.45) is 0 Å². The monoisotopic (exact) mass is 607 g/mol. The molecule has 9 nitrogen and oxygen atoms in total. The van der Waals surface area contributed by atoms with Crippen LogP contribution in [0.5, 0.6) is 11.5 Å². The number of hydrogen-bond donors (Lipinski definition) is 1. The van der Waals surface area contributed by atoms with Crippen molar-refractivity contribution in [1.29, 1.82) is 0 Å². The van der Waals surface area contributed by atoms with Crippen LogP contribution in [-0.2, 0) is 32.6 Å². The molecule has 3 aromatic rings. The summed E-state index contributed by atoms with van der Waals surface area (Å²) >= 11 is 0. The second kappa shape index (κ2) is 14.9. The molecule has 0 bridgehead atoms. The van der Waals surface area contributed by atoms with E-state index in [4.69, 9.17) is 9.47 Å². The molecule has 0 saturated heterocycles. The molecule has 1 atom stereocenters. The average Bonchev–Trinajstić information content (AvgIpc) is 3.46. The molecule has 1 aliphatic heterocycles. The van der Waals surface area contributed by atoms with Crippen LogP contribution in [0.2, 0.25) is 0 Å². The Labute approximate surface area is 254 Å². The van der Waals surface area contributed by atoms with E-state index in [0.29, 0.717) is 30.2 Å². The molecule has 0 radical (unpaired) electrons. The van der Waals surface area contributed by atoms with Gasteiger partial charge in [-0.1, -0.05) is 73.5 Å². The zero-order valence-corrected chi connectivity index (χ0v) is 25.9. The van der Waals surface area contributed by atoms with Gasteiger partial charge in [-0.05, 0) is 43.0 Å². The maximum atomic E-state index is 13.9. The number of unbranched alkanes of at least 4 members (excludes halogenated alkanes) is 1. The van der Waals surface area contributed by atoms with Gasteiger partial charge in [0.15, 0.2) is 11.5 Å². The Morgan fingerprint density at radius 3 is 2.35 bits per heavy atom. The quantitative estimate of drug-likeness (QED) is 0.248. The molecule has 1 heterocycles. The summed E-state index contributed by atoms with van der Waals surface area (Å²) in [5.41, 5.74) is 3.40. The summed E-state index contributed by atoms with van der Waals surface area (Å²) in [7, 11) is -3.64. The number of rotatable bonds is 15. The van der Waals surface area contributed by atoms with Gasteiger partial charge in [0.25, 0.3) is 0 Å². The first-order chi connectivity index (χ1) is 20.7. The van der Waals surface area contributed by atoms with E-state index in [0.717, 1.165) is 35.8 Å². The van der Waals surface area contributed by atoms with Crippen LogP contribution in [0.15, 0.2) is 72.8 Å². The van der Waals surface area contributed by atoms with Gasteiger partial charge in [0, 0.05) is 38.5 Å².